The Bertz CT molecular complexity index is 951. The Morgan fingerprint density at radius 3 is 2.58 bits per heavy atom. The van der Waals surface area contributed by atoms with Crippen LogP contribution in [0.3, 0.4) is 0 Å². The number of thiazole rings is 1. The Morgan fingerprint density at radius 1 is 1.17 bits per heavy atom. The van der Waals surface area contributed by atoms with Gasteiger partial charge in [-0.2, -0.15) is 0 Å². The number of halogens is 1. The summed E-state index contributed by atoms with van der Waals surface area (Å²) in [7, 11) is -3.68. The highest BCUT2D eigenvalue weighted by Gasteiger charge is 2.14. The summed E-state index contributed by atoms with van der Waals surface area (Å²) in [5.41, 5.74) is 2.73. The smallest absolute Gasteiger partial charge is 0.240 e. The molecule has 0 spiro atoms. The minimum Gasteiger partial charge on any atom is -0.241 e. The second-order valence-corrected chi connectivity index (χ2v) is 7.90. The summed E-state index contributed by atoms with van der Waals surface area (Å²) in [4.78, 5) is 4.47. The van der Waals surface area contributed by atoms with E-state index in [-0.39, 0.29) is 11.4 Å². The van der Waals surface area contributed by atoms with Gasteiger partial charge in [0.15, 0.2) is 0 Å². The van der Waals surface area contributed by atoms with Crippen molar-refractivity contribution in [3.05, 3.63) is 71.0 Å². The van der Waals surface area contributed by atoms with Crippen LogP contribution in [0.15, 0.2) is 58.8 Å². The third-order valence-electron chi connectivity index (χ3n) is 3.38. The van der Waals surface area contributed by atoms with Crippen molar-refractivity contribution in [3.8, 4) is 10.6 Å². The van der Waals surface area contributed by atoms with Crippen LogP contribution in [0.5, 0.6) is 0 Å². The fourth-order valence-corrected chi connectivity index (χ4v) is 3.99. The summed E-state index contributed by atoms with van der Waals surface area (Å²) in [6.45, 7) is 2.08. The maximum absolute atomic E-state index is 12.9. The minimum atomic E-state index is -3.68. The third-order valence-corrected chi connectivity index (χ3v) is 5.81. The van der Waals surface area contributed by atoms with E-state index in [0.717, 1.165) is 34.0 Å². The summed E-state index contributed by atoms with van der Waals surface area (Å²) in [6, 6.07) is 12.3. The van der Waals surface area contributed by atoms with Crippen LogP contribution in [0.2, 0.25) is 0 Å². The van der Waals surface area contributed by atoms with E-state index in [1.165, 1.54) is 12.1 Å². The fourth-order valence-electron chi connectivity index (χ4n) is 2.18. The molecule has 0 aliphatic carbocycles. The Kier molecular flexibility index (Phi) is 4.75. The highest BCUT2D eigenvalue weighted by molar-refractivity contribution is 7.89. The predicted octanol–water partition coefficient (Wildman–Crippen LogP) is 3.74. The van der Waals surface area contributed by atoms with Crippen molar-refractivity contribution < 1.29 is 12.8 Å². The van der Waals surface area contributed by atoms with Gasteiger partial charge in [0.1, 0.15) is 10.8 Å². The number of aromatic nitrogens is 1. The van der Waals surface area contributed by atoms with Crippen LogP contribution in [0.25, 0.3) is 10.6 Å². The topological polar surface area (TPSA) is 59.1 Å². The lowest BCUT2D eigenvalue weighted by Crippen LogP contribution is -2.23. The van der Waals surface area contributed by atoms with Gasteiger partial charge in [-0.05, 0) is 42.8 Å². The number of nitrogens with zero attached hydrogens (tertiary/aromatic N) is 1. The molecule has 3 rings (SSSR count). The maximum Gasteiger partial charge on any atom is 0.240 e. The summed E-state index contributed by atoms with van der Waals surface area (Å²) in [6.07, 6.45) is 0. The molecule has 1 heterocycles. The Labute approximate surface area is 144 Å². The molecule has 0 amide bonds. The van der Waals surface area contributed by atoms with Crippen molar-refractivity contribution >= 4 is 21.4 Å². The molecule has 0 radical (unpaired) electrons. The van der Waals surface area contributed by atoms with Crippen LogP contribution >= 0.6 is 11.3 Å². The molecule has 24 heavy (non-hydrogen) atoms. The summed E-state index contributed by atoms with van der Waals surface area (Å²) < 4.78 is 39.9. The van der Waals surface area contributed by atoms with Crippen LogP contribution in [-0.2, 0) is 16.6 Å². The first kappa shape index (κ1) is 16.8. The maximum atomic E-state index is 12.9. The molecule has 0 aliphatic rings. The molecule has 2 aromatic carbocycles. The van der Waals surface area contributed by atoms with Gasteiger partial charge in [0.05, 0.1) is 4.90 Å². The number of hydrogen-bond donors (Lipinski definition) is 1. The van der Waals surface area contributed by atoms with E-state index >= 15 is 0 Å². The molecule has 0 saturated carbocycles. The summed E-state index contributed by atoms with van der Waals surface area (Å²) >= 11 is 1.55. The highest BCUT2D eigenvalue weighted by atomic mass is 32.2. The standard InChI is InChI=1S/C17H15FN2O2S2/c1-12-11-23-17(20-12)14-4-2-3-13(9-14)10-19-24(21,22)16-7-5-15(18)6-8-16/h2-9,11,19H,10H2,1H3. The number of sulfonamides is 1. The lowest BCUT2D eigenvalue weighted by atomic mass is 10.1. The van der Waals surface area contributed by atoms with E-state index in [1.54, 1.807) is 11.3 Å². The number of benzene rings is 2. The van der Waals surface area contributed by atoms with Gasteiger partial charge in [-0.1, -0.05) is 18.2 Å². The zero-order valence-corrected chi connectivity index (χ0v) is 14.5. The van der Waals surface area contributed by atoms with Crippen molar-refractivity contribution in [2.75, 3.05) is 0 Å². The molecule has 0 atom stereocenters. The molecule has 0 fully saturated rings. The van der Waals surface area contributed by atoms with Gasteiger partial charge in [0, 0.05) is 23.2 Å². The second-order valence-electron chi connectivity index (χ2n) is 5.27. The molecule has 0 saturated heterocycles. The van der Waals surface area contributed by atoms with Gasteiger partial charge in [-0.3, -0.25) is 0 Å². The molecule has 1 N–H and O–H groups in total. The van der Waals surface area contributed by atoms with Gasteiger partial charge in [-0.15, -0.1) is 11.3 Å². The van der Waals surface area contributed by atoms with Crippen molar-refractivity contribution in [1.82, 2.24) is 9.71 Å². The van der Waals surface area contributed by atoms with Gasteiger partial charge in [0.2, 0.25) is 10.0 Å². The molecular weight excluding hydrogens is 347 g/mol. The molecule has 4 nitrogen and oxygen atoms in total. The monoisotopic (exact) mass is 362 g/mol. The van der Waals surface area contributed by atoms with E-state index in [2.05, 4.69) is 9.71 Å². The first-order valence-corrected chi connectivity index (χ1v) is 9.57. The molecule has 124 valence electrons. The Balaban J connectivity index is 1.76. The number of hydrogen-bond acceptors (Lipinski definition) is 4. The summed E-state index contributed by atoms with van der Waals surface area (Å²) in [5.74, 6) is -0.472. The van der Waals surface area contributed by atoms with Crippen molar-refractivity contribution in [3.63, 3.8) is 0 Å². The SMILES string of the molecule is Cc1csc(-c2cccc(CNS(=O)(=O)c3ccc(F)cc3)c2)n1. The number of aryl methyl sites for hydroxylation is 1. The third kappa shape index (κ3) is 3.87. The van der Waals surface area contributed by atoms with Gasteiger partial charge >= 0.3 is 0 Å². The fraction of sp³-hybridized carbons (Fsp3) is 0.118. The van der Waals surface area contributed by atoms with E-state index < -0.39 is 15.8 Å². The van der Waals surface area contributed by atoms with Gasteiger partial charge in [0.25, 0.3) is 0 Å². The van der Waals surface area contributed by atoms with E-state index in [9.17, 15) is 12.8 Å². The Morgan fingerprint density at radius 2 is 1.92 bits per heavy atom. The lowest BCUT2D eigenvalue weighted by molar-refractivity contribution is 0.580. The van der Waals surface area contributed by atoms with Crippen LogP contribution < -0.4 is 4.72 Å². The predicted molar refractivity (Wildman–Crippen MR) is 92.7 cm³/mol. The second kappa shape index (κ2) is 6.80. The van der Waals surface area contributed by atoms with Crippen LogP contribution in [-0.4, -0.2) is 13.4 Å². The number of rotatable bonds is 5. The molecule has 0 unspecified atom stereocenters. The first-order valence-electron chi connectivity index (χ1n) is 7.21. The Hall–Kier alpha value is -2.09. The average molecular weight is 362 g/mol. The molecule has 0 bridgehead atoms. The normalized spacial score (nSPS) is 11.6. The minimum absolute atomic E-state index is 0.0376. The van der Waals surface area contributed by atoms with E-state index in [1.807, 2.05) is 36.6 Å². The summed E-state index contributed by atoms with van der Waals surface area (Å²) in [5, 5.41) is 2.87. The van der Waals surface area contributed by atoms with Crippen LogP contribution in [0, 0.1) is 12.7 Å². The average Bonchev–Trinajstić information content (AvgIpc) is 3.00. The van der Waals surface area contributed by atoms with Crippen LogP contribution in [0.1, 0.15) is 11.3 Å². The molecular formula is C17H15FN2O2S2. The quantitative estimate of drug-likeness (QED) is 0.752. The molecule has 7 heteroatoms. The van der Waals surface area contributed by atoms with Gasteiger partial charge in [-0.25, -0.2) is 22.5 Å². The highest BCUT2D eigenvalue weighted by Crippen LogP contribution is 2.24. The van der Waals surface area contributed by atoms with E-state index in [4.69, 9.17) is 0 Å². The molecule has 0 aliphatic heterocycles. The zero-order valence-electron chi connectivity index (χ0n) is 12.9. The van der Waals surface area contributed by atoms with Gasteiger partial charge < -0.3 is 0 Å². The van der Waals surface area contributed by atoms with Crippen molar-refractivity contribution in [2.45, 2.75) is 18.4 Å². The lowest BCUT2D eigenvalue weighted by Gasteiger charge is -2.08. The van der Waals surface area contributed by atoms with Crippen molar-refractivity contribution in [1.29, 1.82) is 0 Å². The van der Waals surface area contributed by atoms with Crippen molar-refractivity contribution in [2.24, 2.45) is 0 Å². The molecule has 1 aromatic heterocycles. The largest absolute Gasteiger partial charge is 0.241 e. The molecule has 3 aromatic rings. The van der Waals surface area contributed by atoms with E-state index in [0.29, 0.717) is 0 Å². The van der Waals surface area contributed by atoms with Crippen LogP contribution in [0.4, 0.5) is 4.39 Å². The number of nitrogens with one attached hydrogen (secondary N) is 1. The zero-order chi connectivity index (χ0) is 17.2. The first-order chi connectivity index (χ1) is 11.4.